The van der Waals surface area contributed by atoms with Gasteiger partial charge in [-0.15, -0.1) is 0 Å². The Morgan fingerprint density at radius 2 is 2.09 bits per heavy atom. The third-order valence-electron chi connectivity index (χ3n) is 5.30. The maximum Gasteiger partial charge on any atom is 0.500 e. The average molecular weight is 535 g/mol. The van der Waals surface area contributed by atoms with Crippen LogP contribution < -0.4 is 19.6 Å². The number of anilines is 1. The molecule has 0 radical (unpaired) electrons. The SMILES string of the molecule is COc1cc(C(=O)N2CC[C@H](OC(=O)CCNc3n[n+](O)c4cc(Br)ccc4[n+]3O)C2)ccn1. The standard InChI is InChI=1S/C21H22BrN6O6/c1-33-18-10-13(4-7-23-18)20(30)26-9-6-15(12-26)34-19(29)5-8-24-21-25-28(32)17-11-14(22)2-3-16(17)27(21)31/h2-4,7,10-11,15,31H,5-6,8-9,12H2,1H3,(H,24,25,32)/q+1/p+1/t15-/m0/s1. The van der Waals surface area contributed by atoms with E-state index in [0.29, 0.717) is 45.8 Å². The van der Waals surface area contributed by atoms with Crippen molar-refractivity contribution in [2.24, 2.45) is 0 Å². The van der Waals surface area contributed by atoms with Gasteiger partial charge in [0, 0.05) is 41.3 Å². The number of hydrogen-bond acceptors (Lipinski definition) is 9. The van der Waals surface area contributed by atoms with E-state index in [1.165, 1.54) is 13.3 Å². The predicted molar refractivity (Wildman–Crippen MR) is 118 cm³/mol. The average Bonchev–Trinajstić information content (AvgIpc) is 3.30. The maximum absolute atomic E-state index is 12.7. The maximum atomic E-state index is 12.7. The second kappa shape index (κ2) is 10.0. The Morgan fingerprint density at radius 3 is 2.88 bits per heavy atom. The van der Waals surface area contributed by atoms with Gasteiger partial charge in [0.2, 0.25) is 16.2 Å². The summed E-state index contributed by atoms with van der Waals surface area (Å²) < 4.78 is 12.0. The number of nitrogens with zero attached hydrogens (tertiary/aromatic N) is 5. The van der Waals surface area contributed by atoms with Crippen molar-refractivity contribution in [3.05, 3.63) is 46.6 Å². The van der Waals surface area contributed by atoms with E-state index < -0.39 is 12.1 Å². The summed E-state index contributed by atoms with van der Waals surface area (Å²) in [5.74, 6) is -0.329. The molecule has 3 N–H and O–H groups in total. The van der Waals surface area contributed by atoms with E-state index in [1.807, 2.05) is 0 Å². The van der Waals surface area contributed by atoms with Crippen LogP contribution in [0, 0.1) is 0 Å². The first-order valence-electron chi connectivity index (χ1n) is 10.4. The summed E-state index contributed by atoms with van der Waals surface area (Å²) in [6.45, 7) is 0.879. The number of carbonyl (C=O) groups is 2. The van der Waals surface area contributed by atoms with Gasteiger partial charge in [0.1, 0.15) is 6.10 Å². The molecule has 178 valence electrons. The Balaban J connectivity index is 1.28. The molecule has 0 aliphatic carbocycles. The van der Waals surface area contributed by atoms with Crippen LogP contribution in [0.5, 0.6) is 5.88 Å². The van der Waals surface area contributed by atoms with E-state index in [0.717, 1.165) is 4.73 Å². The summed E-state index contributed by atoms with van der Waals surface area (Å²) in [4.78, 5) is 31.2. The highest BCUT2D eigenvalue weighted by Gasteiger charge is 2.31. The van der Waals surface area contributed by atoms with Gasteiger partial charge in [-0.1, -0.05) is 15.9 Å². The zero-order valence-corrected chi connectivity index (χ0v) is 19.8. The summed E-state index contributed by atoms with van der Waals surface area (Å²) in [5.41, 5.74) is 1.05. The van der Waals surface area contributed by atoms with Crippen LogP contribution in [0.3, 0.4) is 0 Å². The van der Waals surface area contributed by atoms with E-state index in [9.17, 15) is 20.0 Å². The molecule has 1 saturated heterocycles. The lowest BCUT2D eigenvalue weighted by molar-refractivity contribution is -0.950. The summed E-state index contributed by atoms with van der Waals surface area (Å²) in [6, 6.07) is 8.08. The number of pyridine rings is 1. The molecule has 2 aromatic heterocycles. The molecule has 1 aliphatic heterocycles. The van der Waals surface area contributed by atoms with Crippen molar-refractivity contribution in [2.75, 3.05) is 32.1 Å². The molecule has 0 spiro atoms. The molecule has 3 aromatic rings. The van der Waals surface area contributed by atoms with Gasteiger partial charge in [0.25, 0.3) is 11.0 Å². The monoisotopic (exact) mass is 534 g/mol. The van der Waals surface area contributed by atoms with Crippen LogP contribution >= 0.6 is 15.9 Å². The lowest BCUT2D eigenvalue weighted by Gasteiger charge is -2.17. The fourth-order valence-corrected chi connectivity index (χ4v) is 3.96. The molecule has 4 rings (SSSR count). The van der Waals surface area contributed by atoms with E-state index >= 15 is 0 Å². The molecule has 1 aliphatic rings. The fourth-order valence-electron chi connectivity index (χ4n) is 3.61. The minimum Gasteiger partial charge on any atom is -0.481 e. The molecule has 12 nitrogen and oxygen atoms in total. The number of likely N-dealkylation sites (tertiary alicyclic amines) is 1. The number of esters is 1. The Labute approximate surface area is 202 Å². The predicted octanol–water partition coefficient (Wildman–Crippen LogP) is 0.710. The van der Waals surface area contributed by atoms with E-state index in [1.54, 1.807) is 35.2 Å². The number of aromatic nitrogens is 4. The molecular weight excluding hydrogens is 512 g/mol. The van der Waals surface area contributed by atoms with E-state index in [4.69, 9.17) is 9.47 Å². The number of rotatable bonds is 7. The second-order valence-electron chi connectivity index (χ2n) is 7.57. The smallest absolute Gasteiger partial charge is 0.481 e. The van der Waals surface area contributed by atoms with Gasteiger partial charge in [-0.3, -0.25) is 14.9 Å². The summed E-state index contributed by atoms with van der Waals surface area (Å²) in [5, 5.41) is 27.1. The molecular formula is C21H23BrN6O6+2. The second-order valence-corrected chi connectivity index (χ2v) is 8.49. The highest BCUT2D eigenvalue weighted by molar-refractivity contribution is 9.10. The molecule has 1 aromatic carbocycles. The van der Waals surface area contributed by atoms with Crippen LogP contribution in [-0.4, -0.2) is 70.1 Å². The van der Waals surface area contributed by atoms with Gasteiger partial charge in [-0.25, -0.2) is 10.2 Å². The minimum atomic E-state index is -0.455. The van der Waals surface area contributed by atoms with Crippen LogP contribution in [0.2, 0.25) is 0 Å². The van der Waals surface area contributed by atoms with Crippen molar-refractivity contribution >= 4 is 44.8 Å². The van der Waals surface area contributed by atoms with E-state index in [2.05, 4.69) is 31.3 Å². The summed E-state index contributed by atoms with van der Waals surface area (Å²) in [6.07, 6.45) is 1.64. The number of amides is 1. The van der Waals surface area contributed by atoms with Gasteiger partial charge >= 0.3 is 17.4 Å². The number of fused-ring (bicyclic) bond motifs is 1. The molecule has 1 fully saturated rings. The Hall–Kier alpha value is -3.74. The molecule has 3 heterocycles. The topological polar surface area (TPSA) is 142 Å². The number of benzene rings is 1. The first kappa shape index (κ1) is 23.4. The lowest BCUT2D eigenvalue weighted by atomic mass is 10.2. The van der Waals surface area contributed by atoms with Gasteiger partial charge in [-0.05, 0) is 22.9 Å². The Morgan fingerprint density at radius 1 is 1.26 bits per heavy atom. The Bertz CT molecular complexity index is 1240. The number of halogens is 1. The van der Waals surface area contributed by atoms with Gasteiger partial charge < -0.3 is 19.6 Å². The molecule has 0 bridgehead atoms. The summed E-state index contributed by atoms with van der Waals surface area (Å²) in [7, 11) is 1.48. The number of methoxy groups -OCH3 is 1. The molecule has 34 heavy (non-hydrogen) atoms. The zero-order valence-electron chi connectivity index (χ0n) is 18.2. The highest BCUT2D eigenvalue weighted by atomic mass is 79.9. The molecule has 0 unspecified atom stereocenters. The number of carbonyl (C=O) groups excluding carboxylic acids is 2. The van der Waals surface area contributed by atoms with E-state index in [-0.39, 0.29) is 30.3 Å². The Kier molecular flexibility index (Phi) is 6.91. The fraction of sp³-hybridized carbons (Fsp3) is 0.333. The third-order valence-corrected chi connectivity index (χ3v) is 5.80. The lowest BCUT2D eigenvalue weighted by Crippen LogP contribution is -2.47. The van der Waals surface area contributed by atoms with Crippen molar-refractivity contribution in [3.8, 4) is 5.88 Å². The van der Waals surface area contributed by atoms with Crippen LogP contribution in [0.1, 0.15) is 23.2 Å². The van der Waals surface area contributed by atoms with Crippen LogP contribution in [0.4, 0.5) is 5.95 Å². The first-order chi connectivity index (χ1) is 16.4. The van der Waals surface area contributed by atoms with Crippen molar-refractivity contribution < 1.29 is 39.1 Å². The third kappa shape index (κ3) is 5.09. The largest absolute Gasteiger partial charge is 0.500 e. The number of hydrogen-bond donors (Lipinski definition) is 3. The molecule has 13 heteroatoms. The van der Waals surface area contributed by atoms with Crippen molar-refractivity contribution in [3.63, 3.8) is 0 Å². The molecule has 0 saturated carbocycles. The minimum absolute atomic E-state index is 0.00250. The van der Waals surface area contributed by atoms with Gasteiger partial charge in [-0.2, -0.15) is 0 Å². The van der Waals surface area contributed by atoms with Crippen molar-refractivity contribution in [1.29, 1.82) is 0 Å². The van der Waals surface area contributed by atoms with Crippen LogP contribution in [0.15, 0.2) is 41.0 Å². The first-order valence-corrected chi connectivity index (χ1v) is 11.2. The van der Waals surface area contributed by atoms with Crippen LogP contribution in [-0.2, 0) is 9.53 Å². The van der Waals surface area contributed by atoms with Gasteiger partial charge in [0.05, 0.1) is 26.6 Å². The molecule has 1 amide bonds. The zero-order chi connectivity index (χ0) is 24.2. The molecule has 1 atom stereocenters. The quantitative estimate of drug-likeness (QED) is 0.227. The normalized spacial score (nSPS) is 15.4. The van der Waals surface area contributed by atoms with Crippen molar-refractivity contribution in [1.82, 2.24) is 15.0 Å². The van der Waals surface area contributed by atoms with Gasteiger partial charge in [0.15, 0.2) is 0 Å². The van der Waals surface area contributed by atoms with Crippen molar-refractivity contribution in [2.45, 2.75) is 18.9 Å². The number of nitrogens with one attached hydrogen (secondary N) is 1. The van der Waals surface area contributed by atoms with Crippen LogP contribution in [0.25, 0.3) is 11.0 Å². The summed E-state index contributed by atoms with van der Waals surface area (Å²) >= 11 is 3.29. The highest BCUT2D eigenvalue weighted by Crippen LogP contribution is 2.18. The number of ether oxygens (including phenoxy) is 2.